The van der Waals surface area contributed by atoms with Gasteiger partial charge in [-0.2, -0.15) is 26.3 Å². The Morgan fingerprint density at radius 2 is 1.67 bits per heavy atom. The van der Waals surface area contributed by atoms with Crippen LogP contribution in [0.5, 0.6) is 5.75 Å². The van der Waals surface area contributed by atoms with Crippen molar-refractivity contribution in [2.45, 2.75) is 51.1 Å². The molecule has 3 aliphatic rings. The van der Waals surface area contributed by atoms with Gasteiger partial charge in [0.15, 0.2) is 0 Å². The second kappa shape index (κ2) is 11.5. The van der Waals surface area contributed by atoms with Gasteiger partial charge in [-0.25, -0.2) is 4.90 Å². The van der Waals surface area contributed by atoms with E-state index >= 15 is 0 Å². The molecular weight excluding hydrogens is 580 g/mol. The third-order valence-electron chi connectivity index (χ3n) is 8.45. The molecule has 2 N–H and O–H groups in total. The molecular formula is C31H29F6NO5. The van der Waals surface area contributed by atoms with Crippen LogP contribution < -0.4 is 4.90 Å². The Kier molecular flexibility index (Phi) is 8.21. The normalized spacial score (nSPS) is 24.6. The van der Waals surface area contributed by atoms with Crippen molar-refractivity contribution in [3.05, 3.63) is 75.9 Å². The Bertz CT molecular complexity index is 1460. The third kappa shape index (κ3) is 5.95. The average Bonchev–Trinajstić information content (AvgIpc) is 3.47. The molecule has 2 aromatic carbocycles. The quantitative estimate of drug-likeness (QED) is 0.212. The van der Waals surface area contributed by atoms with Crippen molar-refractivity contribution in [1.82, 2.24) is 0 Å². The number of alkyl halides is 6. The van der Waals surface area contributed by atoms with Gasteiger partial charge in [0.1, 0.15) is 5.75 Å². The van der Waals surface area contributed by atoms with Crippen LogP contribution in [-0.4, -0.2) is 41.3 Å². The zero-order valence-corrected chi connectivity index (χ0v) is 23.0. The highest BCUT2D eigenvalue weighted by molar-refractivity contribution is 6.22. The van der Waals surface area contributed by atoms with E-state index in [0.29, 0.717) is 47.4 Å². The van der Waals surface area contributed by atoms with Crippen molar-refractivity contribution >= 4 is 23.6 Å². The van der Waals surface area contributed by atoms with Crippen LogP contribution in [0.4, 0.5) is 32.0 Å². The van der Waals surface area contributed by atoms with Crippen molar-refractivity contribution in [3.63, 3.8) is 0 Å². The highest BCUT2D eigenvalue weighted by Gasteiger charge is 2.57. The van der Waals surface area contributed by atoms with Gasteiger partial charge in [0.25, 0.3) is 0 Å². The first-order chi connectivity index (χ1) is 20.2. The van der Waals surface area contributed by atoms with Gasteiger partial charge in [-0.15, -0.1) is 0 Å². The molecule has 2 saturated heterocycles. The van der Waals surface area contributed by atoms with Gasteiger partial charge in [0.05, 0.1) is 48.0 Å². The van der Waals surface area contributed by atoms with Gasteiger partial charge in [0, 0.05) is 5.92 Å². The monoisotopic (exact) mass is 609 g/mol. The molecule has 2 aromatic rings. The van der Waals surface area contributed by atoms with Gasteiger partial charge in [-0.3, -0.25) is 9.59 Å². The number of halogens is 6. The number of anilines is 1. The van der Waals surface area contributed by atoms with Crippen molar-refractivity contribution in [1.29, 1.82) is 0 Å². The summed E-state index contributed by atoms with van der Waals surface area (Å²) in [5.41, 5.74) is -1.02. The summed E-state index contributed by atoms with van der Waals surface area (Å²) in [6.45, 7) is 1.56. The summed E-state index contributed by atoms with van der Waals surface area (Å²) in [5, 5.41) is 20.0. The van der Waals surface area contributed by atoms with E-state index in [0.717, 1.165) is 11.1 Å². The van der Waals surface area contributed by atoms with Gasteiger partial charge < -0.3 is 14.9 Å². The van der Waals surface area contributed by atoms with E-state index in [2.05, 4.69) is 0 Å². The molecule has 0 unspecified atom stereocenters. The molecule has 2 amide bonds. The Balaban J connectivity index is 1.42. The Labute approximate surface area is 243 Å². The first kappa shape index (κ1) is 30.8. The number of rotatable bonds is 7. The molecule has 2 heterocycles. The van der Waals surface area contributed by atoms with Crippen molar-refractivity contribution in [2.24, 2.45) is 17.8 Å². The number of amides is 2. The number of aliphatic hydroxyl groups excluding tert-OH is 1. The Hall–Kier alpha value is -3.64. The van der Waals surface area contributed by atoms with E-state index in [-0.39, 0.29) is 24.8 Å². The third-order valence-corrected chi connectivity index (χ3v) is 8.45. The lowest BCUT2D eigenvalue weighted by molar-refractivity contribution is -0.143. The second-order valence-electron chi connectivity index (χ2n) is 11.0. The van der Waals surface area contributed by atoms with Crippen molar-refractivity contribution in [3.8, 4) is 5.75 Å². The van der Waals surface area contributed by atoms with E-state index in [1.165, 1.54) is 0 Å². The van der Waals surface area contributed by atoms with Crippen molar-refractivity contribution in [2.75, 3.05) is 18.1 Å². The molecule has 6 nitrogen and oxygen atoms in total. The highest BCUT2D eigenvalue weighted by atomic mass is 19.4. The summed E-state index contributed by atoms with van der Waals surface area (Å²) >= 11 is 0. The molecule has 0 aromatic heterocycles. The molecule has 0 saturated carbocycles. The molecule has 43 heavy (non-hydrogen) atoms. The maximum Gasteiger partial charge on any atom is 0.416 e. The lowest BCUT2D eigenvalue weighted by Crippen LogP contribution is -2.35. The van der Waals surface area contributed by atoms with Crippen LogP contribution in [0.25, 0.3) is 6.08 Å². The number of imide groups is 1. The number of aliphatic hydroxyl groups is 1. The van der Waals surface area contributed by atoms with E-state index in [1.807, 2.05) is 19.1 Å². The van der Waals surface area contributed by atoms with Gasteiger partial charge in [-0.1, -0.05) is 30.7 Å². The molecule has 2 aliphatic heterocycles. The molecule has 0 radical (unpaired) electrons. The van der Waals surface area contributed by atoms with E-state index in [9.17, 15) is 46.1 Å². The van der Waals surface area contributed by atoms with E-state index in [4.69, 9.17) is 4.74 Å². The van der Waals surface area contributed by atoms with Crippen LogP contribution in [0.2, 0.25) is 0 Å². The molecule has 230 valence electrons. The zero-order valence-electron chi connectivity index (χ0n) is 23.0. The predicted molar refractivity (Wildman–Crippen MR) is 143 cm³/mol. The fourth-order valence-electron chi connectivity index (χ4n) is 6.46. The Morgan fingerprint density at radius 1 is 1.00 bits per heavy atom. The molecule has 4 atom stereocenters. The van der Waals surface area contributed by atoms with Crippen molar-refractivity contribution < 1.29 is 50.9 Å². The number of hydrogen-bond donors (Lipinski definition) is 2. The fourth-order valence-corrected chi connectivity index (χ4v) is 6.46. The number of ether oxygens (including phenoxy) is 1. The number of carbonyl (C=O) groups is 2. The molecule has 12 heteroatoms. The average molecular weight is 610 g/mol. The number of nitrogens with zero attached hydrogens (tertiary/aromatic N) is 1. The summed E-state index contributed by atoms with van der Waals surface area (Å²) in [5.74, 6) is -4.40. The minimum absolute atomic E-state index is 0.0195. The van der Waals surface area contributed by atoms with Crippen LogP contribution in [-0.2, 0) is 26.7 Å². The summed E-state index contributed by atoms with van der Waals surface area (Å²) in [6, 6.07) is 7.46. The second-order valence-corrected chi connectivity index (χ2v) is 11.0. The van der Waals surface area contributed by atoms with E-state index < -0.39 is 71.4 Å². The first-order valence-corrected chi connectivity index (χ1v) is 13.8. The van der Waals surface area contributed by atoms with Gasteiger partial charge in [0.2, 0.25) is 11.8 Å². The molecule has 1 aliphatic carbocycles. The predicted octanol–water partition coefficient (Wildman–Crippen LogP) is 6.52. The lowest BCUT2D eigenvalue weighted by atomic mass is 9.69. The van der Waals surface area contributed by atoms with Gasteiger partial charge in [-0.05, 0) is 72.7 Å². The molecule has 0 spiro atoms. The molecule has 2 fully saturated rings. The SMILES string of the molecule is CC/C(=C\c1cccc(O)c1)CC[C@H]1OC[C@H]2C1=C(CO)C[C@H]1C(=O)N(c3cc(C(F)(F)F)cc(C(F)(F)F)c3)C(=O)[C@H]12. The van der Waals surface area contributed by atoms with Crippen LogP contribution in [0, 0.1) is 17.8 Å². The number of phenolic OH excluding ortho intramolecular Hbond substituents is 1. The maximum absolute atomic E-state index is 13.6. The van der Waals surface area contributed by atoms with Crippen LogP contribution >= 0.6 is 0 Å². The molecule has 0 bridgehead atoms. The number of phenols is 1. The summed E-state index contributed by atoms with van der Waals surface area (Å²) in [4.78, 5) is 27.5. The van der Waals surface area contributed by atoms with Crippen LogP contribution in [0.15, 0.2) is 59.2 Å². The summed E-state index contributed by atoms with van der Waals surface area (Å²) in [6.07, 6.45) is -7.11. The number of benzene rings is 2. The summed E-state index contributed by atoms with van der Waals surface area (Å²) < 4.78 is 87.1. The number of fused-ring (bicyclic) bond motifs is 3. The van der Waals surface area contributed by atoms with Crippen LogP contribution in [0.1, 0.15) is 49.3 Å². The standard InChI is InChI=1S/C31H29F6NO5/c1-2-16(8-17-4-3-5-22(40)9-17)6-7-25-26-18(14-39)10-23-27(24(26)15-43-25)29(42)38(28(23)41)21-12-19(30(32,33)34)11-20(13-21)31(35,36)37/h3-5,8-9,11-13,23-25,27,39-40H,2,6-7,10,14-15H2,1H3/b16-8+/t23-,24+,25-,27-/m1/s1. The molecule has 5 rings (SSSR count). The topological polar surface area (TPSA) is 87.1 Å². The largest absolute Gasteiger partial charge is 0.508 e. The first-order valence-electron chi connectivity index (χ1n) is 13.8. The fraction of sp³-hybridized carbons (Fsp3) is 0.419. The van der Waals surface area contributed by atoms with E-state index in [1.54, 1.807) is 18.2 Å². The Morgan fingerprint density at radius 3 is 2.26 bits per heavy atom. The van der Waals surface area contributed by atoms with Crippen LogP contribution in [0.3, 0.4) is 0 Å². The summed E-state index contributed by atoms with van der Waals surface area (Å²) in [7, 11) is 0. The minimum Gasteiger partial charge on any atom is -0.508 e. The number of hydrogen-bond acceptors (Lipinski definition) is 5. The highest BCUT2D eigenvalue weighted by Crippen LogP contribution is 2.51. The number of carbonyl (C=O) groups excluding carboxylic acids is 2. The van der Waals surface area contributed by atoms with Gasteiger partial charge >= 0.3 is 12.4 Å². The minimum atomic E-state index is -5.15. The zero-order chi connectivity index (χ0) is 31.3. The maximum atomic E-state index is 13.6. The smallest absolute Gasteiger partial charge is 0.416 e. The number of allylic oxidation sites excluding steroid dienone is 1. The lowest BCUT2D eigenvalue weighted by Gasteiger charge is -2.31. The number of aromatic hydroxyl groups is 1.